The van der Waals surface area contributed by atoms with Crippen LogP contribution in [0.5, 0.6) is 0 Å². The monoisotopic (exact) mass is 270 g/mol. The van der Waals surface area contributed by atoms with E-state index in [0.717, 1.165) is 25.1 Å². The Morgan fingerprint density at radius 1 is 1.10 bits per heavy atom. The predicted octanol–water partition coefficient (Wildman–Crippen LogP) is 4.07. The van der Waals surface area contributed by atoms with Crippen LogP contribution in [-0.2, 0) is 0 Å². The number of hydrogen-bond acceptors (Lipinski definition) is 3. The second-order valence-corrected chi connectivity index (χ2v) is 4.96. The Labute approximate surface area is 120 Å². The van der Waals surface area contributed by atoms with E-state index in [0.29, 0.717) is 5.69 Å². The average molecular weight is 270 g/mol. The normalized spacial score (nSPS) is 12.2. The molecule has 3 heteroatoms. The van der Waals surface area contributed by atoms with Gasteiger partial charge >= 0.3 is 0 Å². The third kappa shape index (κ3) is 3.58. The van der Waals surface area contributed by atoms with E-state index in [1.54, 1.807) is 6.92 Å². The highest BCUT2D eigenvalue weighted by Gasteiger charge is 2.10. The molecule has 0 amide bonds. The van der Waals surface area contributed by atoms with Crippen LogP contribution in [0.4, 0.5) is 11.4 Å². The molecule has 1 atom stereocenters. The fourth-order valence-electron chi connectivity index (χ4n) is 2.14. The van der Waals surface area contributed by atoms with Gasteiger partial charge in [-0.25, -0.2) is 0 Å². The zero-order valence-corrected chi connectivity index (χ0v) is 12.2. The fraction of sp³-hybridized carbons (Fsp3) is 0.353. The molecule has 0 spiro atoms. The van der Waals surface area contributed by atoms with Gasteiger partial charge < -0.3 is 10.0 Å². The first-order valence-corrected chi connectivity index (χ1v) is 7.19. The number of anilines is 2. The first-order valence-electron chi connectivity index (χ1n) is 7.19. The van der Waals surface area contributed by atoms with Crippen LogP contribution in [0.15, 0.2) is 48.7 Å². The van der Waals surface area contributed by atoms with Crippen molar-refractivity contribution in [3.05, 3.63) is 54.4 Å². The number of benzene rings is 1. The number of pyridine rings is 1. The lowest BCUT2D eigenvalue weighted by molar-refractivity contribution is 0.194. The van der Waals surface area contributed by atoms with E-state index in [1.165, 1.54) is 5.69 Å². The van der Waals surface area contributed by atoms with Gasteiger partial charge in [-0.2, -0.15) is 0 Å². The molecule has 0 saturated heterocycles. The Bertz CT molecular complexity index is 508. The Kier molecular flexibility index (Phi) is 5.13. The molecule has 1 heterocycles. The molecule has 0 saturated carbocycles. The maximum atomic E-state index is 9.54. The number of aromatic nitrogens is 1. The second-order valence-electron chi connectivity index (χ2n) is 4.96. The molecule has 0 unspecified atom stereocenters. The summed E-state index contributed by atoms with van der Waals surface area (Å²) in [4.78, 5) is 6.61. The molecule has 0 aliphatic heterocycles. The minimum atomic E-state index is -0.523. The standard InChI is InChI=1S/C17H22N2O/c1-3-4-12-19(15-8-6-5-7-9-15)16-10-11-17(14(2)20)18-13-16/h5-11,13-14,20H,3-4,12H2,1-2H3/t14-/m0/s1. The molecule has 0 aliphatic rings. The quantitative estimate of drug-likeness (QED) is 0.859. The summed E-state index contributed by atoms with van der Waals surface area (Å²) in [7, 11) is 0. The molecule has 3 nitrogen and oxygen atoms in total. The molecule has 106 valence electrons. The SMILES string of the molecule is CCCCN(c1ccccc1)c1ccc([C@H](C)O)nc1. The lowest BCUT2D eigenvalue weighted by atomic mass is 10.2. The molecular formula is C17H22N2O. The molecular weight excluding hydrogens is 248 g/mol. The Morgan fingerprint density at radius 2 is 1.85 bits per heavy atom. The van der Waals surface area contributed by atoms with E-state index in [4.69, 9.17) is 0 Å². The van der Waals surface area contributed by atoms with Crippen LogP contribution in [0, 0.1) is 0 Å². The topological polar surface area (TPSA) is 36.4 Å². The van der Waals surface area contributed by atoms with Gasteiger partial charge in [0.15, 0.2) is 0 Å². The number of unbranched alkanes of at least 4 members (excludes halogenated alkanes) is 1. The second kappa shape index (κ2) is 7.06. The molecule has 1 aromatic heterocycles. The van der Waals surface area contributed by atoms with Gasteiger partial charge in [-0.3, -0.25) is 4.98 Å². The van der Waals surface area contributed by atoms with E-state index in [9.17, 15) is 5.11 Å². The molecule has 2 aromatic rings. The van der Waals surface area contributed by atoms with Gasteiger partial charge in [0.2, 0.25) is 0 Å². The van der Waals surface area contributed by atoms with Crippen molar-refractivity contribution in [3.63, 3.8) is 0 Å². The average Bonchev–Trinajstić information content (AvgIpc) is 2.49. The van der Waals surface area contributed by atoms with Crippen molar-refractivity contribution >= 4 is 11.4 Å². The summed E-state index contributed by atoms with van der Waals surface area (Å²) < 4.78 is 0. The summed E-state index contributed by atoms with van der Waals surface area (Å²) >= 11 is 0. The number of aliphatic hydroxyl groups is 1. The summed E-state index contributed by atoms with van der Waals surface area (Å²) in [5.74, 6) is 0. The van der Waals surface area contributed by atoms with E-state index in [2.05, 4.69) is 28.9 Å². The zero-order chi connectivity index (χ0) is 14.4. The highest BCUT2D eigenvalue weighted by atomic mass is 16.3. The van der Waals surface area contributed by atoms with Crippen LogP contribution in [0.3, 0.4) is 0 Å². The van der Waals surface area contributed by atoms with Crippen molar-refractivity contribution in [2.75, 3.05) is 11.4 Å². The summed E-state index contributed by atoms with van der Waals surface area (Å²) in [5.41, 5.74) is 2.94. The lowest BCUT2D eigenvalue weighted by Crippen LogP contribution is -2.18. The summed E-state index contributed by atoms with van der Waals surface area (Å²) in [6, 6.07) is 14.3. The van der Waals surface area contributed by atoms with Gasteiger partial charge in [0, 0.05) is 12.2 Å². The Morgan fingerprint density at radius 3 is 2.40 bits per heavy atom. The number of para-hydroxylation sites is 1. The van der Waals surface area contributed by atoms with Crippen LogP contribution in [0.25, 0.3) is 0 Å². The van der Waals surface area contributed by atoms with Crippen LogP contribution in [0.2, 0.25) is 0 Å². The van der Waals surface area contributed by atoms with Gasteiger partial charge in [-0.1, -0.05) is 31.5 Å². The number of nitrogens with zero attached hydrogens (tertiary/aromatic N) is 2. The number of hydrogen-bond donors (Lipinski definition) is 1. The summed E-state index contributed by atoms with van der Waals surface area (Å²) in [6.07, 6.45) is 3.60. The predicted molar refractivity (Wildman–Crippen MR) is 83.2 cm³/mol. The molecule has 0 fully saturated rings. The molecule has 1 N–H and O–H groups in total. The van der Waals surface area contributed by atoms with Crippen molar-refractivity contribution in [3.8, 4) is 0 Å². The van der Waals surface area contributed by atoms with Gasteiger partial charge in [0.1, 0.15) is 0 Å². The molecule has 0 aliphatic carbocycles. The Balaban J connectivity index is 2.26. The highest BCUT2D eigenvalue weighted by molar-refractivity contribution is 5.62. The minimum Gasteiger partial charge on any atom is -0.387 e. The first-order chi connectivity index (χ1) is 9.72. The van der Waals surface area contributed by atoms with E-state index < -0.39 is 6.10 Å². The maximum absolute atomic E-state index is 9.54. The van der Waals surface area contributed by atoms with Gasteiger partial charge in [-0.05, 0) is 37.6 Å². The highest BCUT2D eigenvalue weighted by Crippen LogP contribution is 2.25. The first kappa shape index (κ1) is 14.5. The third-order valence-electron chi connectivity index (χ3n) is 3.31. The maximum Gasteiger partial charge on any atom is 0.0931 e. The molecule has 2 rings (SSSR count). The lowest BCUT2D eigenvalue weighted by Gasteiger charge is -2.24. The van der Waals surface area contributed by atoms with Crippen molar-refractivity contribution in [2.24, 2.45) is 0 Å². The summed E-state index contributed by atoms with van der Waals surface area (Å²) in [6.45, 7) is 4.89. The number of rotatable bonds is 6. The van der Waals surface area contributed by atoms with Crippen molar-refractivity contribution in [2.45, 2.75) is 32.8 Å². The molecule has 1 aromatic carbocycles. The van der Waals surface area contributed by atoms with Gasteiger partial charge in [0.25, 0.3) is 0 Å². The van der Waals surface area contributed by atoms with Crippen molar-refractivity contribution < 1.29 is 5.11 Å². The molecule has 0 radical (unpaired) electrons. The third-order valence-corrected chi connectivity index (χ3v) is 3.31. The van der Waals surface area contributed by atoms with Crippen LogP contribution < -0.4 is 4.90 Å². The van der Waals surface area contributed by atoms with E-state index in [-0.39, 0.29) is 0 Å². The van der Waals surface area contributed by atoms with E-state index >= 15 is 0 Å². The van der Waals surface area contributed by atoms with Crippen LogP contribution in [-0.4, -0.2) is 16.6 Å². The largest absolute Gasteiger partial charge is 0.387 e. The van der Waals surface area contributed by atoms with Gasteiger partial charge in [-0.15, -0.1) is 0 Å². The van der Waals surface area contributed by atoms with Crippen molar-refractivity contribution in [1.82, 2.24) is 4.98 Å². The molecule has 0 bridgehead atoms. The number of aliphatic hydroxyl groups excluding tert-OH is 1. The zero-order valence-electron chi connectivity index (χ0n) is 12.2. The summed E-state index contributed by atoms with van der Waals surface area (Å²) in [5, 5.41) is 9.54. The molecule has 20 heavy (non-hydrogen) atoms. The Hall–Kier alpha value is -1.87. The van der Waals surface area contributed by atoms with E-state index in [1.807, 2.05) is 36.5 Å². The van der Waals surface area contributed by atoms with Crippen LogP contribution in [0.1, 0.15) is 38.5 Å². The van der Waals surface area contributed by atoms with Gasteiger partial charge in [0.05, 0.1) is 23.7 Å². The smallest absolute Gasteiger partial charge is 0.0931 e. The van der Waals surface area contributed by atoms with Crippen molar-refractivity contribution in [1.29, 1.82) is 0 Å². The van der Waals surface area contributed by atoms with Crippen LogP contribution >= 0.6 is 0 Å². The minimum absolute atomic E-state index is 0.523. The fourth-order valence-corrected chi connectivity index (χ4v) is 2.14.